The third-order valence-corrected chi connectivity index (χ3v) is 12.1. The highest BCUT2D eigenvalue weighted by Gasteiger charge is 2.36. The molecule has 0 aliphatic heterocycles. The van der Waals surface area contributed by atoms with E-state index >= 15 is 0 Å². The van der Waals surface area contributed by atoms with Crippen LogP contribution < -0.4 is 4.90 Å². The quantitative estimate of drug-likeness (QED) is 0.169. The second-order valence-corrected chi connectivity index (χ2v) is 15.7. The Bertz CT molecular complexity index is 3160. The Kier molecular flexibility index (Phi) is 7.55. The number of furan rings is 1. The standard InChI is InChI=1S/C55H39NO/c1-55(2)48-26-10-6-21-42(48)43-32-31-39(35-49(43)55)56(50-27-11-7-20-40(50)38-30-33-53-47(34-38)45-23-9-13-29-52(45)57-53)51-28-12-8-22-44(51)46-25-15-19-37-18-14-24-41(54(37)46)36-16-4-3-5-17-36/h3-35H,1-2H3. The first-order valence-corrected chi connectivity index (χ1v) is 19.8. The molecule has 57 heavy (non-hydrogen) atoms. The van der Waals surface area contributed by atoms with Gasteiger partial charge in [0.05, 0.1) is 11.4 Å². The van der Waals surface area contributed by atoms with Crippen molar-refractivity contribution in [3.63, 3.8) is 0 Å². The monoisotopic (exact) mass is 729 g/mol. The highest BCUT2D eigenvalue weighted by molar-refractivity contribution is 6.10. The zero-order chi connectivity index (χ0) is 38.1. The van der Waals surface area contributed by atoms with Gasteiger partial charge in [0.25, 0.3) is 0 Å². The second-order valence-electron chi connectivity index (χ2n) is 15.7. The first kappa shape index (κ1) is 33.2. The summed E-state index contributed by atoms with van der Waals surface area (Å²) in [6.45, 7) is 4.72. The zero-order valence-electron chi connectivity index (χ0n) is 31.9. The first-order valence-electron chi connectivity index (χ1n) is 19.8. The van der Waals surface area contributed by atoms with Crippen molar-refractivity contribution < 1.29 is 4.42 Å². The summed E-state index contributed by atoms with van der Waals surface area (Å²) in [4.78, 5) is 2.49. The predicted octanol–water partition coefficient (Wildman–Crippen LogP) is 15.5. The molecule has 270 valence electrons. The van der Waals surface area contributed by atoms with Crippen LogP contribution >= 0.6 is 0 Å². The molecule has 9 aromatic carbocycles. The minimum Gasteiger partial charge on any atom is -0.456 e. The normalized spacial score (nSPS) is 12.9. The van der Waals surface area contributed by atoms with Gasteiger partial charge in [0, 0.05) is 33.0 Å². The van der Waals surface area contributed by atoms with Gasteiger partial charge in [-0.15, -0.1) is 0 Å². The molecule has 0 N–H and O–H groups in total. The molecule has 2 heteroatoms. The van der Waals surface area contributed by atoms with Gasteiger partial charge < -0.3 is 9.32 Å². The molecule has 0 spiro atoms. The van der Waals surface area contributed by atoms with E-state index in [9.17, 15) is 0 Å². The van der Waals surface area contributed by atoms with Crippen LogP contribution in [0.1, 0.15) is 25.0 Å². The fourth-order valence-corrected chi connectivity index (χ4v) is 9.37. The lowest BCUT2D eigenvalue weighted by atomic mass is 9.82. The van der Waals surface area contributed by atoms with Crippen molar-refractivity contribution in [1.29, 1.82) is 0 Å². The minimum atomic E-state index is -0.153. The van der Waals surface area contributed by atoms with Crippen LogP contribution in [0.25, 0.3) is 77.2 Å². The molecule has 10 aromatic rings. The van der Waals surface area contributed by atoms with Crippen molar-refractivity contribution >= 4 is 49.8 Å². The molecule has 0 bridgehead atoms. The summed E-state index contributed by atoms with van der Waals surface area (Å²) < 4.78 is 6.28. The van der Waals surface area contributed by atoms with E-state index in [0.29, 0.717) is 0 Å². The number of fused-ring (bicyclic) bond motifs is 7. The van der Waals surface area contributed by atoms with Crippen molar-refractivity contribution in [3.8, 4) is 44.5 Å². The average Bonchev–Trinajstić information content (AvgIpc) is 3.75. The van der Waals surface area contributed by atoms with Crippen molar-refractivity contribution in [2.45, 2.75) is 19.3 Å². The van der Waals surface area contributed by atoms with Crippen LogP contribution in [0.3, 0.4) is 0 Å². The number of para-hydroxylation sites is 3. The summed E-state index contributed by atoms with van der Waals surface area (Å²) in [7, 11) is 0. The van der Waals surface area contributed by atoms with Crippen LogP contribution in [0.2, 0.25) is 0 Å². The van der Waals surface area contributed by atoms with Crippen LogP contribution in [0.15, 0.2) is 205 Å². The van der Waals surface area contributed by atoms with E-state index in [0.717, 1.165) is 50.1 Å². The molecule has 1 heterocycles. The molecular weight excluding hydrogens is 691 g/mol. The molecule has 0 saturated carbocycles. The molecule has 1 aliphatic rings. The summed E-state index contributed by atoms with van der Waals surface area (Å²) in [5.74, 6) is 0. The van der Waals surface area contributed by atoms with Crippen LogP contribution in [0.4, 0.5) is 17.1 Å². The number of nitrogens with zero attached hydrogens (tertiary/aromatic N) is 1. The van der Waals surface area contributed by atoms with Gasteiger partial charge in [0.1, 0.15) is 11.2 Å². The third-order valence-electron chi connectivity index (χ3n) is 12.1. The van der Waals surface area contributed by atoms with Gasteiger partial charge in [-0.2, -0.15) is 0 Å². The Labute approximate surface area is 332 Å². The second kappa shape index (κ2) is 13.0. The molecule has 0 unspecified atom stereocenters. The summed E-state index contributed by atoms with van der Waals surface area (Å²) in [5, 5.41) is 4.70. The van der Waals surface area contributed by atoms with E-state index in [-0.39, 0.29) is 5.41 Å². The fourth-order valence-electron chi connectivity index (χ4n) is 9.37. The Hall–Kier alpha value is -7.16. The Balaban J connectivity index is 1.18. The molecule has 2 nitrogen and oxygen atoms in total. The highest BCUT2D eigenvalue weighted by atomic mass is 16.3. The van der Waals surface area contributed by atoms with Crippen LogP contribution in [-0.2, 0) is 5.41 Å². The molecule has 1 aromatic heterocycles. The Morgan fingerprint density at radius 2 is 1.00 bits per heavy atom. The van der Waals surface area contributed by atoms with Crippen LogP contribution in [-0.4, -0.2) is 0 Å². The largest absolute Gasteiger partial charge is 0.456 e. The lowest BCUT2D eigenvalue weighted by Crippen LogP contribution is -2.17. The van der Waals surface area contributed by atoms with Crippen molar-refractivity contribution in [3.05, 3.63) is 211 Å². The lowest BCUT2D eigenvalue weighted by Gasteiger charge is -2.31. The maximum absolute atomic E-state index is 6.28. The predicted molar refractivity (Wildman–Crippen MR) is 240 cm³/mol. The summed E-state index contributed by atoms with van der Waals surface area (Å²) in [5.41, 5.74) is 17.4. The average molecular weight is 730 g/mol. The summed E-state index contributed by atoms with van der Waals surface area (Å²) >= 11 is 0. The maximum Gasteiger partial charge on any atom is 0.135 e. The van der Waals surface area contributed by atoms with E-state index in [1.54, 1.807) is 0 Å². The minimum absolute atomic E-state index is 0.153. The fraction of sp³-hybridized carbons (Fsp3) is 0.0545. The zero-order valence-corrected chi connectivity index (χ0v) is 31.9. The lowest BCUT2D eigenvalue weighted by molar-refractivity contribution is 0.660. The van der Waals surface area contributed by atoms with Gasteiger partial charge in [0.15, 0.2) is 0 Å². The third kappa shape index (κ3) is 5.25. The summed E-state index contributed by atoms with van der Waals surface area (Å²) in [6, 6.07) is 72.8. The van der Waals surface area contributed by atoms with Gasteiger partial charge in [-0.1, -0.05) is 172 Å². The number of anilines is 3. The van der Waals surface area contributed by atoms with Crippen LogP contribution in [0, 0.1) is 0 Å². The van der Waals surface area contributed by atoms with Gasteiger partial charge in [-0.3, -0.25) is 0 Å². The van der Waals surface area contributed by atoms with E-state index in [4.69, 9.17) is 4.42 Å². The number of benzene rings is 9. The number of hydrogen-bond donors (Lipinski definition) is 0. The number of rotatable bonds is 6. The molecule has 0 atom stereocenters. The van der Waals surface area contributed by atoms with Gasteiger partial charge >= 0.3 is 0 Å². The van der Waals surface area contributed by atoms with Crippen molar-refractivity contribution in [2.24, 2.45) is 0 Å². The Morgan fingerprint density at radius 3 is 1.82 bits per heavy atom. The molecule has 0 fully saturated rings. The molecule has 11 rings (SSSR count). The molecular formula is C55H39NO. The van der Waals surface area contributed by atoms with E-state index in [1.165, 1.54) is 55.3 Å². The SMILES string of the molecule is CC1(C)c2ccccc2-c2ccc(N(c3ccccc3-c3ccc4oc5ccccc5c4c3)c3ccccc3-c3cccc4cccc(-c5ccccc5)c34)cc21. The van der Waals surface area contributed by atoms with Gasteiger partial charge in [0.2, 0.25) is 0 Å². The van der Waals surface area contributed by atoms with Crippen molar-refractivity contribution in [2.75, 3.05) is 4.90 Å². The molecule has 1 aliphatic carbocycles. The van der Waals surface area contributed by atoms with Crippen molar-refractivity contribution in [1.82, 2.24) is 0 Å². The van der Waals surface area contributed by atoms with E-state index in [1.807, 2.05) is 12.1 Å². The highest BCUT2D eigenvalue weighted by Crippen LogP contribution is 2.52. The summed E-state index contributed by atoms with van der Waals surface area (Å²) in [6.07, 6.45) is 0. The van der Waals surface area contributed by atoms with Crippen LogP contribution in [0.5, 0.6) is 0 Å². The van der Waals surface area contributed by atoms with Gasteiger partial charge in [-0.25, -0.2) is 0 Å². The van der Waals surface area contributed by atoms with E-state index < -0.39 is 0 Å². The first-order chi connectivity index (χ1) is 28.0. The molecule has 0 saturated heterocycles. The van der Waals surface area contributed by atoms with E-state index in [2.05, 4.69) is 207 Å². The molecule has 0 amide bonds. The van der Waals surface area contributed by atoms with Gasteiger partial charge in [-0.05, 0) is 97.7 Å². The smallest absolute Gasteiger partial charge is 0.135 e. The molecule has 0 radical (unpaired) electrons. The maximum atomic E-state index is 6.28. The Morgan fingerprint density at radius 1 is 0.386 bits per heavy atom. The number of hydrogen-bond acceptors (Lipinski definition) is 2. The topological polar surface area (TPSA) is 16.4 Å².